The number of likely N-dealkylation sites (tertiary alicyclic amines) is 1. The molecule has 0 radical (unpaired) electrons. The molecule has 0 spiro atoms. The van der Waals surface area contributed by atoms with Gasteiger partial charge in [-0.15, -0.1) is 11.3 Å². The minimum absolute atomic E-state index is 0.00742. The normalized spacial score (nSPS) is 14.1. The third-order valence-corrected chi connectivity index (χ3v) is 5.57. The first-order valence-electron chi connectivity index (χ1n) is 9.32. The molecule has 0 bridgehead atoms. The molecule has 7 nitrogen and oxygen atoms in total. The average molecular weight is 411 g/mol. The number of carbonyl (C=O) groups is 3. The topological polar surface area (TPSA) is 99.5 Å². The Morgan fingerprint density at radius 1 is 1.17 bits per heavy atom. The van der Waals surface area contributed by atoms with Crippen LogP contribution in [0.25, 0.3) is 0 Å². The summed E-state index contributed by atoms with van der Waals surface area (Å²) in [6.45, 7) is 0.641. The van der Waals surface area contributed by atoms with E-state index in [1.807, 2.05) is 11.4 Å². The van der Waals surface area contributed by atoms with Gasteiger partial charge in [-0.3, -0.25) is 14.4 Å². The zero-order valence-corrected chi connectivity index (χ0v) is 16.6. The number of carbonyl (C=O) groups excluding carboxylic acids is 3. The quantitative estimate of drug-likeness (QED) is 0.737. The Hall–Kier alpha value is -3.18. The molecule has 1 aliphatic rings. The van der Waals surface area contributed by atoms with Gasteiger partial charge < -0.3 is 15.0 Å². The van der Waals surface area contributed by atoms with E-state index in [9.17, 15) is 14.4 Å². The van der Waals surface area contributed by atoms with E-state index < -0.39 is 11.9 Å². The summed E-state index contributed by atoms with van der Waals surface area (Å²) < 4.78 is 5.15. The number of hydrogen-bond acceptors (Lipinski definition) is 6. The molecule has 1 saturated heterocycles. The average Bonchev–Trinajstić information content (AvgIpc) is 3.28. The highest BCUT2D eigenvalue weighted by Crippen LogP contribution is 2.21. The predicted molar refractivity (Wildman–Crippen MR) is 108 cm³/mol. The van der Waals surface area contributed by atoms with E-state index in [0.717, 1.165) is 5.56 Å². The molecular weight excluding hydrogens is 390 g/mol. The number of rotatable bonds is 6. The molecular formula is C21H21N3O4S. The summed E-state index contributed by atoms with van der Waals surface area (Å²) in [6, 6.07) is 12.6. The summed E-state index contributed by atoms with van der Waals surface area (Å²) in [5, 5.41) is 13.2. The van der Waals surface area contributed by atoms with Gasteiger partial charge in [0.05, 0.1) is 23.3 Å². The third-order valence-electron chi connectivity index (χ3n) is 4.71. The number of piperidine rings is 1. The van der Waals surface area contributed by atoms with E-state index in [2.05, 4.69) is 11.4 Å². The van der Waals surface area contributed by atoms with Gasteiger partial charge in [0.25, 0.3) is 11.8 Å². The molecule has 2 aromatic rings. The highest BCUT2D eigenvalue weighted by Gasteiger charge is 2.29. The van der Waals surface area contributed by atoms with Gasteiger partial charge in [0.15, 0.2) is 6.61 Å². The Balaban J connectivity index is 1.40. The number of ether oxygens (including phenoxy) is 1. The first-order chi connectivity index (χ1) is 14.1. The molecule has 2 heterocycles. The van der Waals surface area contributed by atoms with Crippen LogP contribution in [0.3, 0.4) is 0 Å². The van der Waals surface area contributed by atoms with Crippen molar-refractivity contribution in [3.63, 3.8) is 0 Å². The molecule has 150 valence electrons. The van der Waals surface area contributed by atoms with Gasteiger partial charge in [-0.05, 0) is 42.0 Å². The fraction of sp³-hybridized carbons (Fsp3) is 0.333. The van der Waals surface area contributed by atoms with Crippen LogP contribution in [0.5, 0.6) is 0 Å². The molecule has 8 heteroatoms. The second kappa shape index (κ2) is 9.85. The van der Waals surface area contributed by atoms with E-state index >= 15 is 0 Å². The standard InChI is InChI=1S/C21H21N3O4S/c22-10-7-15-3-5-17(6-4-15)23-19(25)14-28-21(27)16-8-11-24(12-9-16)20(26)18-2-1-13-29-18/h1-6,13,16H,7-9,11-12,14H2,(H,23,25). The second-order valence-electron chi connectivity index (χ2n) is 6.73. The van der Waals surface area contributed by atoms with Gasteiger partial charge in [0, 0.05) is 18.8 Å². The highest BCUT2D eigenvalue weighted by molar-refractivity contribution is 7.12. The van der Waals surface area contributed by atoms with Crippen molar-refractivity contribution in [3.05, 3.63) is 52.2 Å². The number of anilines is 1. The molecule has 0 atom stereocenters. The first-order valence-corrected chi connectivity index (χ1v) is 10.2. The zero-order chi connectivity index (χ0) is 20.6. The smallest absolute Gasteiger partial charge is 0.309 e. The first kappa shape index (κ1) is 20.6. The number of thiophene rings is 1. The van der Waals surface area contributed by atoms with Gasteiger partial charge in [0.1, 0.15) is 0 Å². The number of hydrogen-bond donors (Lipinski definition) is 1. The van der Waals surface area contributed by atoms with Crippen LogP contribution >= 0.6 is 11.3 Å². The van der Waals surface area contributed by atoms with Crippen LogP contribution in [0.1, 0.15) is 28.1 Å². The van der Waals surface area contributed by atoms with E-state index in [-0.39, 0.29) is 18.4 Å². The van der Waals surface area contributed by atoms with Crippen LogP contribution in [-0.2, 0) is 20.7 Å². The fourth-order valence-electron chi connectivity index (χ4n) is 3.12. The molecule has 1 aromatic carbocycles. The van der Waals surface area contributed by atoms with Gasteiger partial charge in [0.2, 0.25) is 0 Å². The highest BCUT2D eigenvalue weighted by atomic mass is 32.1. The van der Waals surface area contributed by atoms with Crippen molar-refractivity contribution in [2.45, 2.75) is 19.3 Å². The van der Waals surface area contributed by atoms with Crippen molar-refractivity contribution in [3.8, 4) is 6.07 Å². The molecule has 29 heavy (non-hydrogen) atoms. The second-order valence-corrected chi connectivity index (χ2v) is 7.68. The van der Waals surface area contributed by atoms with Crippen LogP contribution in [-0.4, -0.2) is 42.4 Å². The van der Waals surface area contributed by atoms with Gasteiger partial charge in [-0.2, -0.15) is 5.26 Å². The maximum Gasteiger partial charge on any atom is 0.309 e. The molecule has 1 aromatic heterocycles. The lowest BCUT2D eigenvalue weighted by atomic mass is 9.97. The summed E-state index contributed by atoms with van der Waals surface area (Å²) in [5.41, 5.74) is 1.44. The van der Waals surface area contributed by atoms with Crippen molar-refractivity contribution in [2.24, 2.45) is 5.92 Å². The number of amides is 2. The Morgan fingerprint density at radius 3 is 2.52 bits per heavy atom. The molecule has 1 fully saturated rings. The molecule has 1 N–H and O–H groups in total. The monoisotopic (exact) mass is 411 g/mol. The summed E-state index contributed by atoms with van der Waals surface area (Å²) in [7, 11) is 0. The number of nitrogens with one attached hydrogen (secondary N) is 1. The van der Waals surface area contributed by atoms with E-state index in [0.29, 0.717) is 42.9 Å². The lowest BCUT2D eigenvalue weighted by Gasteiger charge is -2.30. The van der Waals surface area contributed by atoms with E-state index in [1.165, 1.54) is 11.3 Å². The Morgan fingerprint density at radius 2 is 1.90 bits per heavy atom. The van der Waals surface area contributed by atoms with Crippen LogP contribution < -0.4 is 5.32 Å². The fourth-order valence-corrected chi connectivity index (χ4v) is 3.81. The Labute approximate surface area is 172 Å². The predicted octanol–water partition coefficient (Wildman–Crippen LogP) is 2.85. The van der Waals surface area contributed by atoms with Gasteiger partial charge in [-0.1, -0.05) is 18.2 Å². The maximum absolute atomic E-state index is 12.3. The van der Waals surface area contributed by atoms with Crippen LogP contribution in [0.4, 0.5) is 5.69 Å². The van der Waals surface area contributed by atoms with Crippen molar-refractivity contribution in [2.75, 3.05) is 25.0 Å². The lowest BCUT2D eigenvalue weighted by Crippen LogP contribution is -2.40. The SMILES string of the molecule is N#CCc1ccc(NC(=O)COC(=O)C2CCN(C(=O)c3cccs3)CC2)cc1. The lowest BCUT2D eigenvalue weighted by molar-refractivity contribution is -0.152. The van der Waals surface area contributed by atoms with Crippen LogP contribution in [0.2, 0.25) is 0 Å². The summed E-state index contributed by atoms with van der Waals surface area (Å²) >= 11 is 1.41. The molecule has 2 amide bonds. The van der Waals surface area contributed by atoms with Gasteiger partial charge in [-0.25, -0.2) is 0 Å². The minimum Gasteiger partial charge on any atom is -0.455 e. The van der Waals surface area contributed by atoms with Crippen molar-refractivity contribution >= 4 is 34.8 Å². The number of esters is 1. The number of benzene rings is 1. The Kier molecular flexibility index (Phi) is 6.98. The summed E-state index contributed by atoms with van der Waals surface area (Å²) in [4.78, 5) is 39.0. The van der Waals surface area contributed by atoms with Crippen molar-refractivity contribution in [1.29, 1.82) is 5.26 Å². The maximum atomic E-state index is 12.3. The minimum atomic E-state index is -0.420. The summed E-state index contributed by atoms with van der Waals surface area (Å²) in [6.07, 6.45) is 1.36. The molecule has 0 saturated carbocycles. The zero-order valence-electron chi connectivity index (χ0n) is 15.8. The number of nitrogens with zero attached hydrogens (tertiary/aromatic N) is 2. The molecule has 3 rings (SSSR count). The van der Waals surface area contributed by atoms with Gasteiger partial charge >= 0.3 is 5.97 Å². The Bertz CT molecular complexity index is 895. The number of nitriles is 1. The van der Waals surface area contributed by atoms with Crippen molar-refractivity contribution < 1.29 is 19.1 Å². The van der Waals surface area contributed by atoms with Crippen molar-refractivity contribution in [1.82, 2.24) is 4.90 Å². The molecule has 0 aliphatic carbocycles. The van der Waals surface area contributed by atoms with E-state index in [4.69, 9.17) is 10.00 Å². The largest absolute Gasteiger partial charge is 0.455 e. The van der Waals surface area contributed by atoms with Crippen LogP contribution in [0, 0.1) is 17.2 Å². The molecule has 0 unspecified atom stereocenters. The van der Waals surface area contributed by atoms with Crippen LogP contribution in [0.15, 0.2) is 41.8 Å². The summed E-state index contributed by atoms with van der Waals surface area (Å²) in [5.74, 6) is -1.14. The third kappa shape index (κ3) is 5.65. The molecule has 1 aliphatic heterocycles. The van der Waals surface area contributed by atoms with E-state index in [1.54, 1.807) is 35.2 Å².